The van der Waals surface area contributed by atoms with Crippen LogP contribution in [0.15, 0.2) is 53.6 Å². The van der Waals surface area contributed by atoms with Gasteiger partial charge in [0.2, 0.25) is 5.78 Å². The monoisotopic (exact) mass is 261 g/mol. The van der Waals surface area contributed by atoms with E-state index in [9.17, 15) is 4.79 Å². The Bertz CT molecular complexity index is 745. The molecule has 2 aromatic rings. The summed E-state index contributed by atoms with van der Waals surface area (Å²) in [5.41, 5.74) is 11.0. The summed E-state index contributed by atoms with van der Waals surface area (Å²) < 4.78 is 0. The minimum atomic E-state index is -0.367. The summed E-state index contributed by atoms with van der Waals surface area (Å²) in [6.07, 6.45) is 0. The minimum absolute atomic E-state index is 0.290. The predicted molar refractivity (Wildman–Crippen MR) is 77.6 cm³/mol. The molecule has 0 unspecified atom stereocenters. The summed E-state index contributed by atoms with van der Waals surface area (Å²) in [6.45, 7) is 1.98. The number of rotatable bonds is 2. The van der Waals surface area contributed by atoms with Gasteiger partial charge < -0.3 is 0 Å². The number of carbonyl (C=O) groups excluding carboxylic acids is 1. The molecule has 0 spiro atoms. The van der Waals surface area contributed by atoms with Gasteiger partial charge in [-0.1, -0.05) is 46.9 Å². The maximum atomic E-state index is 12.0. The second-order valence-corrected chi connectivity index (χ2v) is 4.15. The van der Waals surface area contributed by atoms with Gasteiger partial charge in [0, 0.05) is 21.7 Å². The highest BCUT2D eigenvalue weighted by Gasteiger charge is 2.06. The molecule has 0 aliphatic heterocycles. The molecule has 2 aromatic carbocycles. The van der Waals surface area contributed by atoms with Crippen LogP contribution in [-0.4, -0.2) is 5.78 Å². The van der Waals surface area contributed by atoms with Crippen molar-refractivity contribution < 1.29 is 4.79 Å². The number of benzene rings is 2. The average molecular weight is 261 g/mol. The Balaban J connectivity index is 2.30. The molecule has 0 heterocycles. The van der Waals surface area contributed by atoms with Crippen LogP contribution in [0.2, 0.25) is 0 Å². The smallest absolute Gasteiger partial charge is 0.236 e. The van der Waals surface area contributed by atoms with E-state index in [1.807, 2.05) is 31.2 Å². The van der Waals surface area contributed by atoms with E-state index in [1.165, 1.54) is 0 Å². The molecule has 96 valence electrons. The van der Waals surface area contributed by atoms with E-state index in [0.717, 1.165) is 11.1 Å². The van der Waals surface area contributed by atoms with Crippen molar-refractivity contribution in [3.05, 3.63) is 75.7 Å². The highest BCUT2D eigenvalue weighted by atomic mass is 16.1. The molecule has 4 heteroatoms. The van der Waals surface area contributed by atoms with Crippen LogP contribution in [0.1, 0.15) is 21.5 Å². The third-order valence-corrected chi connectivity index (χ3v) is 2.67. The Hall–Kier alpha value is -3.02. The Morgan fingerprint density at radius 1 is 1.15 bits per heavy atom. The maximum absolute atomic E-state index is 12.0. The first-order valence-corrected chi connectivity index (χ1v) is 5.98. The van der Waals surface area contributed by atoms with Gasteiger partial charge in [0.05, 0.1) is 0 Å². The fraction of sp³-hybridized carbons (Fsp3) is 0.0625. The second kappa shape index (κ2) is 6.24. The van der Waals surface area contributed by atoms with Crippen molar-refractivity contribution in [2.24, 2.45) is 5.11 Å². The number of carbonyl (C=O) groups is 1. The van der Waals surface area contributed by atoms with Gasteiger partial charge in [-0.05, 0) is 36.6 Å². The second-order valence-electron chi connectivity index (χ2n) is 4.15. The summed E-state index contributed by atoms with van der Waals surface area (Å²) >= 11 is 0. The van der Waals surface area contributed by atoms with Crippen molar-refractivity contribution in [3.63, 3.8) is 0 Å². The van der Waals surface area contributed by atoms with E-state index >= 15 is 0 Å². The van der Waals surface area contributed by atoms with Crippen molar-refractivity contribution in [1.29, 1.82) is 0 Å². The van der Waals surface area contributed by atoms with E-state index in [-0.39, 0.29) is 5.78 Å². The molecule has 0 bridgehead atoms. The topological polar surface area (TPSA) is 65.8 Å². The van der Waals surface area contributed by atoms with Crippen LogP contribution in [0, 0.1) is 18.8 Å². The van der Waals surface area contributed by atoms with E-state index in [0.29, 0.717) is 11.3 Å². The number of Topliss-reactive ketones (excluding diaryl/α,β-unsaturated/α-hetero) is 1. The Labute approximate surface area is 116 Å². The van der Waals surface area contributed by atoms with E-state index in [2.05, 4.69) is 21.9 Å². The summed E-state index contributed by atoms with van der Waals surface area (Å²) in [5.74, 6) is 5.00. The number of nitrogens with zero attached hydrogens (tertiary/aromatic N) is 3. The molecule has 0 atom stereocenters. The third-order valence-electron chi connectivity index (χ3n) is 2.67. The van der Waals surface area contributed by atoms with Crippen molar-refractivity contribution >= 4 is 11.5 Å². The first-order valence-electron chi connectivity index (χ1n) is 5.98. The Morgan fingerprint density at radius 3 is 2.55 bits per heavy atom. The van der Waals surface area contributed by atoms with Crippen LogP contribution in [0.5, 0.6) is 0 Å². The van der Waals surface area contributed by atoms with Gasteiger partial charge in [0.1, 0.15) is 0 Å². The molecule has 0 saturated carbocycles. The van der Waals surface area contributed by atoms with Crippen molar-refractivity contribution in [2.45, 2.75) is 6.92 Å². The zero-order chi connectivity index (χ0) is 14.4. The lowest BCUT2D eigenvalue weighted by Crippen LogP contribution is -1.95. The lowest BCUT2D eigenvalue weighted by molar-refractivity contribution is 0.105. The van der Waals surface area contributed by atoms with Crippen LogP contribution < -0.4 is 0 Å². The molecular formula is C16H11N3O. The SMILES string of the molecule is Cc1ccc(C#CC(=O)c2ccccc2N=[N+]=[N-])cc1. The minimum Gasteiger partial charge on any atom is -0.279 e. The van der Waals surface area contributed by atoms with Gasteiger partial charge in [0.25, 0.3) is 0 Å². The van der Waals surface area contributed by atoms with Gasteiger partial charge in [0.15, 0.2) is 0 Å². The highest BCUT2D eigenvalue weighted by molar-refractivity contribution is 6.12. The fourth-order valence-electron chi connectivity index (χ4n) is 1.63. The highest BCUT2D eigenvalue weighted by Crippen LogP contribution is 2.19. The molecule has 0 saturated heterocycles. The van der Waals surface area contributed by atoms with Crippen molar-refractivity contribution in [2.75, 3.05) is 0 Å². The number of azide groups is 1. The van der Waals surface area contributed by atoms with E-state index in [1.54, 1.807) is 24.3 Å². The van der Waals surface area contributed by atoms with Gasteiger partial charge >= 0.3 is 0 Å². The summed E-state index contributed by atoms with van der Waals surface area (Å²) in [6, 6.07) is 14.2. The predicted octanol–water partition coefficient (Wildman–Crippen LogP) is 4.17. The van der Waals surface area contributed by atoms with E-state index < -0.39 is 0 Å². The van der Waals surface area contributed by atoms with Crippen molar-refractivity contribution in [3.8, 4) is 11.8 Å². The van der Waals surface area contributed by atoms with Gasteiger partial charge in [-0.15, -0.1) is 0 Å². The largest absolute Gasteiger partial charge is 0.279 e. The molecule has 20 heavy (non-hydrogen) atoms. The molecule has 0 radical (unpaired) electrons. The summed E-state index contributed by atoms with van der Waals surface area (Å²) in [5, 5.41) is 3.49. The molecule has 0 aromatic heterocycles. The summed E-state index contributed by atoms with van der Waals surface area (Å²) in [7, 11) is 0. The lowest BCUT2D eigenvalue weighted by Gasteiger charge is -1.98. The van der Waals surface area contributed by atoms with Crippen LogP contribution in [0.4, 0.5) is 5.69 Å². The molecule has 0 amide bonds. The zero-order valence-electron chi connectivity index (χ0n) is 10.9. The number of hydrogen-bond donors (Lipinski definition) is 0. The molecule has 0 aliphatic rings. The van der Waals surface area contributed by atoms with Crippen LogP contribution >= 0.6 is 0 Å². The molecule has 4 nitrogen and oxygen atoms in total. The number of hydrogen-bond acceptors (Lipinski definition) is 2. The molecule has 0 aliphatic carbocycles. The lowest BCUT2D eigenvalue weighted by atomic mass is 10.1. The molecular weight excluding hydrogens is 250 g/mol. The van der Waals surface area contributed by atoms with Gasteiger partial charge in [-0.25, -0.2) is 0 Å². The van der Waals surface area contributed by atoms with Crippen LogP contribution in [0.25, 0.3) is 10.4 Å². The van der Waals surface area contributed by atoms with Gasteiger partial charge in [-0.3, -0.25) is 4.79 Å². The maximum Gasteiger partial charge on any atom is 0.236 e. The quantitative estimate of drug-likeness (QED) is 0.263. The van der Waals surface area contributed by atoms with Crippen LogP contribution in [0.3, 0.4) is 0 Å². The van der Waals surface area contributed by atoms with Crippen molar-refractivity contribution in [1.82, 2.24) is 0 Å². The third kappa shape index (κ3) is 3.26. The van der Waals surface area contributed by atoms with Crippen LogP contribution in [-0.2, 0) is 0 Å². The van der Waals surface area contributed by atoms with Gasteiger partial charge in [-0.2, -0.15) is 0 Å². The number of ketones is 1. The first-order chi connectivity index (χ1) is 9.70. The first kappa shape index (κ1) is 13.4. The zero-order valence-corrected chi connectivity index (χ0v) is 10.9. The van der Waals surface area contributed by atoms with E-state index in [4.69, 9.17) is 5.53 Å². The average Bonchev–Trinajstić information content (AvgIpc) is 2.47. The number of aryl methyl sites for hydroxylation is 1. The Morgan fingerprint density at radius 2 is 1.85 bits per heavy atom. The standard InChI is InChI=1S/C16H11N3O/c1-12-6-8-13(9-7-12)10-11-16(20)14-4-2-3-5-15(14)18-19-17/h2-9H,1H3. The molecule has 0 N–H and O–H groups in total. The molecule has 2 rings (SSSR count). The summed E-state index contributed by atoms with van der Waals surface area (Å²) in [4.78, 5) is 14.7. The Kier molecular flexibility index (Phi) is 4.18. The molecule has 0 fully saturated rings. The fourth-order valence-corrected chi connectivity index (χ4v) is 1.63. The normalized spacial score (nSPS) is 9.05.